The smallest absolute Gasteiger partial charge is 0.259 e. The number of aromatic nitrogens is 1. The molecule has 3 rings (SSSR count). The lowest BCUT2D eigenvalue weighted by atomic mass is 9.96. The van der Waals surface area contributed by atoms with Crippen LogP contribution in [0.2, 0.25) is 0 Å². The Labute approximate surface area is 149 Å². The number of likely N-dealkylation sites (N-methyl/N-ethyl adjacent to an activating group) is 1. The average molecular weight is 341 g/mol. The molecule has 0 saturated carbocycles. The zero-order valence-electron chi connectivity index (χ0n) is 15.3. The predicted molar refractivity (Wildman–Crippen MR) is 100 cm³/mol. The predicted octanol–water partition coefficient (Wildman–Crippen LogP) is 2.22. The average Bonchev–Trinajstić information content (AvgIpc) is 2.60. The second kappa shape index (κ2) is 7.42. The molecule has 1 fully saturated rings. The highest BCUT2D eigenvalue weighted by Gasteiger charge is 2.30. The van der Waals surface area contributed by atoms with Crippen molar-refractivity contribution in [2.45, 2.75) is 26.4 Å². The first-order chi connectivity index (χ1) is 12.0. The van der Waals surface area contributed by atoms with Crippen LogP contribution in [0.1, 0.15) is 29.8 Å². The Morgan fingerprint density at radius 1 is 1.12 bits per heavy atom. The standard InChI is InChI=1S/C20H27N3O2/c1-4-23-15(2)14-17(24)18(20(23)25)19(16-8-6-5-7-9-16)22-12-10-21(3)11-13-22/h5-9,14,19,24H,4,10-13H2,1-3H3/t19-/m1/s1. The Balaban J connectivity index is 2.14. The molecule has 1 saturated heterocycles. The molecular weight excluding hydrogens is 314 g/mol. The molecule has 1 aromatic heterocycles. The van der Waals surface area contributed by atoms with Crippen molar-refractivity contribution in [1.82, 2.24) is 14.4 Å². The van der Waals surface area contributed by atoms with Crippen molar-refractivity contribution in [3.8, 4) is 5.75 Å². The summed E-state index contributed by atoms with van der Waals surface area (Å²) in [6.45, 7) is 8.08. The van der Waals surface area contributed by atoms with Crippen molar-refractivity contribution in [3.05, 3.63) is 63.6 Å². The van der Waals surface area contributed by atoms with Crippen LogP contribution in [0.15, 0.2) is 41.2 Å². The van der Waals surface area contributed by atoms with E-state index in [0.29, 0.717) is 12.1 Å². The van der Waals surface area contributed by atoms with E-state index in [9.17, 15) is 9.90 Å². The van der Waals surface area contributed by atoms with E-state index in [2.05, 4.69) is 16.8 Å². The van der Waals surface area contributed by atoms with E-state index in [1.54, 1.807) is 10.6 Å². The number of nitrogens with zero attached hydrogens (tertiary/aromatic N) is 3. The zero-order chi connectivity index (χ0) is 18.0. The van der Waals surface area contributed by atoms with E-state index in [-0.39, 0.29) is 17.4 Å². The number of aryl methyl sites for hydroxylation is 1. The lowest BCUT2D eigenvalue weighted by Gasteiger charge is -2.38. The lowest BCUT2D eigenvalue weighted by Crippen LogP contribution is -2.47. The van der Waals surface area contributed by atoms with Crippen molar-refractivity contribution in [2.75, 3.05) is 33.2 Å². The van der Waals surface area contributed by atoms with Crippen LogP contribution in [-0.4, -0.2) is 52.7 Å². The van der Waals surface area contributed by atoms with Gasteiger partial charge in [-0.05, 0) is 32.5 Å². The fourth-order valence-electron chi connectivity index (χ4n) is 3.69. The summed E-state index contributed by atoms with van der Waals surface area (Å²) >= 11 is 0. The number of hydrogen-bond donors (Lipinski definition) is 1. The van der Waals surface area contributed by atoms with E-state index in [0.717, 1.165) is 37.4 Å². The third-order valence-electron chi connectivity index (χ3n) is 5.13. The molecule has 1 N–H and O–H groups in total. The lowest BCUT2D eigenvalue weighted by molar-refractivity contribution is 0.125. The summed E-state index contributed by atoms with van der Waals surface area (Å²) < 4.78 is 1.74. The third-order valence-corrected chi connectivity index (χ3v) is 5.13. The Bertz CT molecular complexity index is 778. The molecule has 5 heteroatoms. The highest BCUT2D eigenvalue weighted by Crippen LogP contribution is 2.33. The Hall–Kier alpha value is -2.11. The van der Waals surface area contributed by atoms with Gasteiger partial charge in [-0.25, -0.2) is 0 Å². The molecule has 1 aromatic carbocycles. The van der Waals surface area contributed by atoms with Gasteiger partial charge in [0.25, 0.3) is 5.56 Å². The number of rotatable bonds is 4. The minimum Gasteiger partial charge on any atom is -0.507 e. The van der Waals surface area contributed by atoms with Gasteiger partial charge in [0.1, 0.15) is 5.75 Å². The largest absolute Gasteiger partial charge is 0.507 e. The molecule has 0 amide bonds. The molecule has 0 bridgehead atoms. The van der Waals surface area contributed by atoms with Crippen LogP contribution in [0.4, 0.5) is 0 Å². The summed E-state index contributed by atoms with van der Waals surface area (Å²) in [5, 5.41) is 10.7. The maximum Gasteiger partial charge on any atom is 0.259 e. The van der Waals surface area contributed by atoms with E-state index < -0.39 is 0 Å². The molecule has 0 radical (unpaired) electrons. The second-order valence-electron chi connectivity index (χ2n) is 6.79. The minimum absolute atomic E-state index is 0.0900. The van der Waals surface area contributed by atoms with Gasteiger partial charge in [-0.15, -0.1) is 0 Å². The number of benzene rings is 1. The van der Waals surface area contributed by atoms with Gasteiger partial charge in [0.2, 0.25) is 0 Å². The number of pyridine rings is 1. The van der Waals surface area contributed by atoms with Crippen LogP contribution in [0.5, 0.6) is 5.75 Å². The number of piperazine rings is 1. The normalized spacial score (nSPS) is 17.6. The SMILES string of the molecule is CCn1c(C)cc(O)c([C@@H](c2ccccc2)N2CCN(C)CC2)c1=O. The molecule has 0 spiro atoms. The molecule has 2 heterocycles. The van der Waals surface area contributed by atoms with Crippen LogP contribution in [0, 0.1) is 6.92 Å². The van der Waals surface area contributed by atoms with Crippen molar-refractivity contribution in [2.24, 2.45) is 0 Å². The molecule has 1 atom stereocenters. The molecule has 0 unspecified atom stereocenters. The molecule has 5 nitrogen and oxygen atoms in total. The fraction of sp³-hybridized carbons (Fsp3) is 0.450. The van der Waals surface area contributed by atoms with Gasteiger partial charge in [-0.1, -0.05) is 30.3 Å². The van der Waals surface area contributed by atoms with Crippen molar-refractivity contribution in [1.29, 1.82) is 0 Å². The summed E-state index contributed by atoms with van der Waals surface area (Å²) in [7, 11) is 2.11. The van der Waals surface area contributed by atoms with E-state index in [1.807, 2.05) is 44.2 Å². The summed E-state index contributed by atoms with van der Waals surface area (Å²) in [6, 6.07) is 11.5. The van der Waals surface area contributed by atoms with Crippen LogP contribution in [0.25, 0.3) is 0 Å². The van der Waals surface area contributed by atoms with Crippen LogP contribution in [-0.2, 0) is 6.54 Å². The summed E-state index contributed by atoms with van der Waals surface area (Å²) in [4.78, 5) is 17.7. The highest BCUT2D eigenvalue weighted by molar-refractivity contribution is 5.41. The van der Waals surface area contributed by atoms with Crippen LogP contribution in [0.3, 0.4) is 0 Å². The van der Waals surface area contributed by atoms with Gasteiger partial charge in [-0.3, -0.25) is 9.69 Å². The maximum atomic E-state index is 13.1. The van der Waals surface area contributed by atoms with Gasteiger partial charge in [0.15, 0.2) is 0 Å². The van der Waals surface area contributed by atoms with E-state index >= 15 is 0 Å². The van der Waals surface area contributed by atoms with Gasteiger partial charge in [-0.2, -0.15) is 0 Å². The first-order valence-electron chi connectivity index (χ1n) is 8.93. The molecule has 1 aliphatic heterocycles. The summed E-state index contributed by atoms with van der Waals surface area (Å²) in [5.74, 6) is 0.0972. The molecule has 134 valence electrons. The molecule has 25 heavy (non-hydrogen) atoms. The molecule has 0 aliphatic carbocycles. The minimum atomic E-state index is -0.221. The van der Waals surface area contributed by atoms with Crippen LogP contribution < -0.4 is 5.56 Å². The van der Waals surface area contributed by atoms with Crippen molar-refractivity contribution < 1.29 is 5.11 Å². The number of aromatic hydroxyl groups is 1. The van der Waals surface area contributed by atoms with E-state index in [4.69, 9.17) is 0 Å². The monoisotopic (exact) mass is 341 g/mol. The summed E-state index contributed by atoms with van der Waals surface area (Å²) in [6.07, 6.45) is 0. The topological polar surface area (TPSA) is 48.7 Å². The van der Waals surface area contributed by atoms with Crippen molar-refractivity contribution in [3.63, 3.8) is 0 Å². The Morgan fingerprint density at radius 3 is 2.36 bits per heavy atom. The number of hydrogen-bond acceptors (Lipinski definition) is 4. The van der Waals surface area contributed by atoms with Gasteiger partial charge >= 0.3 is 0 Å². The van der Waals surface area contributed by atoms with E-state index in [1.165, 1.54) is 0 Å². The Morgan fingerprint density at radius 2 is 1.76 bits per heavy atom. The van der Waals surface area contributed by atoms with Gasteiger partial charge in [0, 0.05) is 38.4 Å². The molecule has 1 aliphatic rings. The Kier molecular flexibility index (Phi) is 5.25. The third kappa shape index (κ3) is 3.48. The van der Waals surface area contributed by atoms with Crippen LogP contribution >= 0.6 is 0 Å². The first-order valence-corrected chi connectivity index (χ1v) is 8.93. The van der Waals surface area contributed by atoms with Gasteiger partial charge in [0.05, 0.1) is 11.6 Å². The summed E-state index contributed by atoms with van der Waals surface area (Å²) in [5.41, 5.74) is 2.24. The van der Waals surface area contributed by atoms with Gasteiger partial charge < -0.3 is 14.6 Å². The second-order valence-corrected chi connectivity index (χ2v) is 6.79. The maximum absolute atomic E-state index is 13.1. The molecule has 2 aromatic rings. The zero-order valence-corrected chi connectivity index (χ0v) is 15.3. The first kappa shape index (κ1) is 17.7. The highest BCUT2D eigenvalue weighted by atomic mass is 16.3. The van der Waals surface area contributed by atoms with Crippen molar-refractivity contribution >= 4 is 0 Å². The fourth-order valence-corrected chi connectivity index (χ4v) is 3.69. The quantitative estimate of drug-likeness (QED) is 0.926. The molecular formula is C20H27N3O2.